The molecule has 0 saturated carbocycles. The Kier molecular flexibility index (Phi) is 4.18. The van der Waals surface area contributed by atoms with Crippen LogP contribution in [0.2, 0.25) is 5.02 Å². The lowest BCUT2D eigenvalue weighted by atomic mass is 10.2. The highest BCUT2D eigenvalue weighted by molar-refractivity contribution is 6.31. The summed E-state index contributed by atoms with van der Waals surface area (Å²) in [5.74, 6) is 0.562. The maximum absolute atomic E-state index is 10.7. The van der Waals surface area contributed by atoms with Gasteiger partial charge in [-0.05, 0) is 30.3 Å². The molecule has 0 aliphatic heterocycles. The first kappa shape index (κ1) is 13.8. The molecule has 0 heterocycles. The number of rotatable bonds is 4. The van der Waals surface area contributed by atoms with E-state index in [1.165, 1.54) is 18.2 Å². The van der Waals surface area contributed by atoms with E-state index in [0.717, 1.165) is 0 Å². The van der Waals surface area contributed by atoms with Crippen LogP contribution in [-0.4, -0.2) is 4.92 Å². The van der Waals surface area contributed by atoms with E-state index < -0.39 is 4.92 Å². The van der Waals surface area contributed by atoms with Crippen LogP contribution in [0, 0.1) is 21.4 Å². The summed E-state index contributed by atoms with van der Waals surface area (Å²) in [4.78, 5) is 10.2. The van der Waals surface area contributed by atoms with Gasteiger partial charge in [0.05, 0.1) is 16.6 Å². The number of ether oxygens (including phenoxy) is 1. The Morgan fingerprint density at radius 2 is 1.95 bits per heavy atom. The van der Waals surface area contributed by atoms with E-state index in [-0.39, 0.29) is 12.3 Å². The number of nitriles is 1. The number of nitrogens with zero attached hydrogens (tertiary/aromatic N) is 2. The summed E-state index contributed by atoms with van der Waals surface area (Å²) in [7, 11) is 0. The van der Waals surface area contributed by atoms with Gasteiger partial charge in [-0.3, -0.25) is 10.1 Å². The van der Waals surface area contributed by atoms with Gasteiger partial charge in [0.15, 0.2) is 0 Å². The molecule has 2 aromatic rings. The third-order valence-corrected chi connectivity index (χ3v) is 2.99. The Bertz CT molecular complexity index is 678. The van der Waals surface area contributed by atoms with Crippen LogP contribution < -0.4 is 4.74 Å². The van der Waals surface area contributed by atoms with Crippen molar-refractivity contribution in [2.45, 2.75) is 6.61 Å². The molecule has 2 aromatic carbocycles. The Labute approximate surface area is 120 Å². The molecule has 0 aliphatic carbocycles. The number of nitro groups is 1. The molecule has 5 nitrogen and oxygen atoms in total. The van der Waals surface area contributed by atoms with Gasteiger partial charge in [-0.2, -0.15) is 5.26 Å². The topological polar surface area (TPSA) is 76.2 Å². The quantitative estimate of drug-likeness (QED) is 0.635. The molecule has 0 fully saturated rings. The van der Waals surface area contributed by atoms with Gasteiger partial charge in [0.2, 0.25) is 0 Å². The number of hydrogen-bond donors (Lipinski definition) is 0. The van der Waals surface area contributed by atoms with Crippen molar-refractivity contribution in [2.75, 3.05) is 0 Å². The van der Waals surface area contributed by atoms with Gasteiger partial charge in [0.25, 0.3) is 5.69 Å². The molecule has 100 valence electrons. The lowest BCUT2D eigenvalue weighted by Crippen LogP contribution is -1.98. The zero-order valence-corrected chi connectivity index (χ0v) is 11.0. The molecule has 0 radical (unpaired) electrons. The van der Waals surface area contributed by atoms with Gasteiger partial charge in [-0.1, -0.05) is 11.6 Å². The minimum absolute atomic E-state index is 0.0344. The molecule has 6 heteroatoms. The summed E-state index contributed by atoms with van der Waals surface area (Å²) in [5.41, 5.74) is 1.03. The molecule has 0 spiro atoms. The smallest absolute Gasteiger partial charge is 0.269 e. The van der Waals surface area contributed by atoms with Gasteiger partial charge < -0.3 is 4.74 Å². The molecule has 20 heavy (non-hydrogen) atoms. The lowest BCUT2D eigenvalue weighted by molar-refractivity contribution is -0.384. The van der Waals surface area contributed by atoms with Gasteiger partial charge in [-0.25, -0.2) is 0 Å². The molecule has 0 atom stereocenters. The molecular formula is C14H9ClN2O3. The average molecular weight is 289 g/mol. The second kappa shape index (κ2) is 6.04. The first-order chi connectivity index (χ1) is 9.60. The summed E-state index contributed by atoms with van der Waals surface area (Å²) < 4.78 is 5.49. The molecule has 0 N–H and O–H groups in total. The van der Waals surface area contributed by atoms with E-state index in [9.17, 15) is 10.1 Å². The number of nitro benzene ring substituents is 1. The van der Waals surface area contributed by atoms with Gasteiger partial charge in [-0.15, -0.1) is 0 Å². The second-order valence-electron chi connectivity index (χ2n) is 3.96. The zero-order chi connectivity index (χ0) is 14.5. The van der Waals surface area contributed by atoms with Crippen molar-refractivity contribution in [2.24, 2.45) is 0 Å². The van der Waals surface area contributed by atoms with Crippen molar-refractivity contribution in [3.63, 3.8) is 0 Å². The van der Waals surface area contributed by atoms with Crippen molar-refractivity contribution in [3.8, 4) is 11.8 Å². The summed E-state index contributed by atoms with van der Waals surface area (Å²) in [5, 5.41) is 19.8. The first-order valence-electron chi connectivity index (χ1n) is 5.66. The van der Waals surface area contributed by atoms with Crippen molar-refractivity contribution in [3.05, 3.63) is 68.7 Å². The molecule has 0 unspecified atom stereocenters. The van der Waals surface area contributed by atoms with E-state index in [1.54, 1.807) is 24.3 Å². The van der Waals surface area contributed by atoms with Crippen LogP contribution in [0.4, 0.5) is 5.69 Å². The van der Waals surface area contributed by atoms with Crippen molar-refractivity contribution < 1.29 is 9.66 Å². The summed E-state index contributed by atoms with van der Waals surface area (Å²) >= 11 is 5.97. The Balaban J connectivity index is 2.12. The minimum Gasteiger partial charge on any atom is -0.489 e. The predicted octanol–water partition coefficient (Wildman–Crippen LogP) is 3.70. The number of non-ortho nitro benzene ring substituents is 1. The standard InChI is InChI=1S/C14H9ClN2O3/c15-14-6-3-12(17(18)19)7-11(14)9-20-13-4-1-10(8-16)2-5-13/h1-7H,9H2. The van der Waals surface area contributed by atoms with Gasteiger partial charge in [0, 0.05) is 22.7 Å². The number of halogens is 1. The SMILES string of the molecule is N#Cc1ccc(OCc2cc([N+](=O)[O-])ccc2Cl)cc1. The van der Waals surface area contributed by atoms with Crippen molar-refractivity contribution in [1.29, 1.82) is 5.26 Å². The van der Waals surface area contributed by atoms with E-state index >= 15 is 0 Å². The Morgan fingerprint density at radius 3 is 2.55 bits per heavy atom. The highest BCUT2D eigenvalue weighted by atomic mass is 35.5. The molecule has 0 bridgehead atoms. The molecule has 0 aliphatic rings. The summed E-state index contributed by atoms with van der Waals surface area (Å²) in [6, 6.07) is 12.8. The fourth-order valence-electron chi connectivity index (χ4n) is 1.57. The first-order valence-corrected chi connectivity index (χ1v) is 6.04. The van der Waals surface area contributed by atoms with Crippen LogP contribution in [0.1, 0.15) is 11.1 Å². The zero-order valence-electron chi connectivity index (χ0n) is 10.2. The van der Waals surface area contributed by atoms with Crippen LogP contribution in [-0.2, 0) is 6.61 Å². The predicted molar refractivity (Wildman–Crippen MR) is 73.6 cm³/mol. The molecule has 0 saturated heterocycles. The maximum atomic E-state index is 10.7. The monoisotopic (exact) mass is 288 g/mol. The summed E-state index contributed by atoms with van der Waals surface area (Å²) in [6.07, 6.45) is 0. The highest BCUT2D eigenvalue weighted by Crippen LogP contribution is 2.23. The average Bonchev–Trinajstić information content (AvgIpc) is 2.46. The van der Waals surface area contributed by atoms with E-state index in [2.05, 4.69) is 0 Å². The minimum atomic E-state index is -0.485. The van der Waals surface area contributed by atoms with E-state index in [0.29, 0.717) is 21.9 Å². The fourth-order valence-corrected chi connectivity index (χ4v) is 1.74. The van der Waals surface area contributed by atoms with Crippen LogP contribution in [0.25, 0.3) is 0 Å². The van der Waals surface area contributed by atoms with Gasteiger partial charge in [0.1, 0.15) is 12.4 Å². The normalized spacial score (nSPS) is 9.80. The lowest BCUT2D eigenvalue weighted by Gasteiger charge is -2.07. The van der Waals surface area contributed by atoms with Gasteiger partial charge >= 0.3 is 0 Å². The molecule has 0 aromatic heterocycles. The highest BCUT2D eigenvalue weighted by Gasteiger charge is 2.10. The Hall–Kier alpha value is -2.58. The third-order valence-electron chi connectivity index (χ3n) is 2.62. The largest absolute Gasteiger partial charge is 0.489 e. The number of hydrogen-bond acceptors (Lipinski definition) is 4. The molecule has 0 amide bonds. The van der Waals surface area contributed by atoms with Crippen LogP contribution in [0.5, 0.6) is 5.75 Å². The van der Waals surface area contributed by atoms with Crippen molar-refractivity contribution in [1.82, 2.24) is 0 Å². The van der Waals surface area contributed by atoms with Crippen LogP contribution >= 0.6 is 11.6 Å². The number of benzene rings is 2. The molecule has 2 rings (SSSR count). The summed E-state index contributed by atoms with van der Waals surface area (Å²) in [6.45, 7) is 0.117. The van der Waals surface area contributed by atoms with Crippen LogP contribution in [0.3, 0.4) is 0 Å². The van der Waals surface area contributed by atoms with Crippen LogP contribution in [0.15, 0.2) is 42.5 Å². The maximum Gasteiger partial charge on any atom is 0.269 e. The van der Waals surface area contributed by atoms with Crippen molar-refractivity contribution >= 4 is 17.3 Å². The molecular weight excluding hydrogens is 280 g/mol. The second-order valence-corrected chi connectivity index (χ2v) is 4.36. The Morgan fingerprint density at radius 1 is 1.25 bits per heavy atom. The fraction of sp³-hybridized carbons (Fsp3) is 0.0714. The van der Waals surface area contributed by atoms with E-state index in [4.69, 9.17) is 21.6 Å². The van der Waals surface area contributed by atoms with E-state index in [1.807, 2.05) is 6.07 Å². The third kappa shape index (κ3) is 3.25.